The molecule has 4 heteroatoms. The highest BCUT2D eigenvalue weighted by atomic mass is 16.2. The molecule has 1 heterocycles. The van der Waals surface area contributed by atoms with E-state index in [1.54, 1.807) is 11.0 Å². The molecule has 1 N–H and O–H groups in total. The van der Waals surface area contributed by atoms with Crippen molar-refractivity contribution in [3.8, 4) is 6.07 Å². The average Bonchev–Trinajstić information content (AvgIpc) is 2.68. The molecule has 1 fully saturated rings. The number of benzene rings is 2. The summed E-state index contributed by atoms with van der Waals surface area (Å²) >= 11 is 0. The van der Waals surface area contributed by atoms with E-state index in [0.717, 1.165) is 25.2 Å². The second-order valence-corrected chi connectivity index (χ2v) is 6.29. The summed E-state index contributed by atoms with van der Waals surface area (Å²) in [6.45, 7) is 4.17. The van der Waals surface area contributed by atoms with Gasteiger partial charge in [0.05, 0.1) is 26.2 Å². The summed E-state index contributed by atoms with van der Waals surface area (Å²) in [5, 5.41) is 9.36. The summed E-state index contributed by atoms with van der Waals surface area (Å²) in [5.74, 6) is -0.162. The van der Waals surface area contributed by atoms with Gasteiger partial charge in [-0.1, -0.05) is 60.7 Å². The fraction of sp³-hybridized carbons (Fsp3) is 0.238. The van der Waals surface area contributed by atoms with Crippen molar-refractivity contribution < 1.29 is 9.69 Å². The van der Waals surface area contributed by atoms with E-state index < -0.39 is 0 Å². The molecule has 1 amide bonds. The predicted octanol–water partition coefficient (Wildman–Crippen LogP) is 1.52. The zero-order chi connectivity index (χ0) is 17.5. The van der Waals surface area contributed by atoms with Crippen LogP contribution in [-0.2, 0) is 11.3 Å². The van der Waals surface area contributed by atoms with Gasteiger partial charge in [0.2, 0.25) is 0 Å². The molecule has 2 aromatic carbocycles. The van der Waals surface area contributed by atoms with Crippen molar-refractivity contribution in [3.63, 3.8) is 0 Å². The Balaban J connectivity index is 1.59. The Morgan fingerprint density at radius 1 is 1.04 bits per heavy atom. The second kappa shape index (κ2) is 8.27. The number of nitrogens with zero attached hydrogens (tertiary/aromatic N) is 2. The summed E-state index contributed by atoms with van der Waals surface area (Å²) in [4.78, 5) is 15.9. The molecule has 0 saturated carbocycles. The molecule has 25 heavy (non-hydrogen) atoms. The van der Waals surface area contributed by atoms with Crippen molar-refractivity contribution in [2.45, 2.75) is 6.54 Å². The minimum atomic E-state index is -0.162. The molecule has 0 aromatic heterocycles. The number of hydrogen-bond acceptors (Lipinski definition) is 2. The van der Waals surface area contributed by atoms with Gasteiger partial charge < -0.3 is 9.80 Å². The number of nitriles is 1. The van der Waals surface area contributed by atoms with Crippen LogP contribution in [0.25, 0.3) is 6.08 Å². The number of carbonyl (C=O) groups is 1. The summed E-state index contributed by atoms with van der Waals surface area (Å²) in [6, 6.07) is 22.0. The number of hydrogen-bond donors (Lipinski definition) is 1. The smallest absolute Gasteiger partial charge is 0.264 e. The molecular formula is C21H22N3O+. The molecule has 1 aliphatic rings. The van der Waals surface area contributed by atoms with E-state index >= 15 is 0 Å². The third kappa shape index (κ3) is 4.56. The van der Waals surface area contributed by atoms with E-state index in [0.29, 0.717) is 13.1 Å². The monoisotopic (exact) mass is 332 g/mol. The first-order valence-electron chi connectivity index (χ1n) is 8.60. The SMILES string of the molecule is N#C/C(=C\c1ccccc1)C(=O)N1CC[NH+](Cc2ccccc2)CC1. The Hall–Kier alpha value is -2.90. The first kappa shape index (κ1) is 16.9. The first-order valence-corrected chi connectivity index (χ1v) is 8.60. The fourth-order valence-electron chi connectivity index (χ4n) is 3.12. The molecule has 0 aliphatic carbocycles. The standard InChI is InChI=1S/C21H21N3O/c22-16-20(15-18-7-3-1-4-8-18)21(25)24-13-11-23(12-14-24)17-19-9-5-2-6-10-19/h1-10,15H,11-14,17H2/p+1/b20-15+. The van der Waals surface area contributed by atoms with Gasteiger partial charge in [-0.25, -0.2) is 0 Å². The van der Waals surface area contributed by atoms with E-state index in [1.807, 2.05) is 36.4 Å². The molecule has 126 valence electrons. The van der Waals surface area contributed by atoms with Gasteiger partial charge in [-0.3, -0.25) is 4.79 Å². The molecule has 4 nitrogen and oxygen atoms in total. The fourth-order valence-corrected chi connectivity index (χ4v) is 3.12. The lowest BCUT2D eigenvalue weighted by Crippen LogP contribution is -3.13. The predicted molar refractivity (Wildman–Crippen MR) is 97.5 cm³/mol. The van der Waals surface area contributed by atoms with Crippen LogP contribution < -0.4 is 4.90 Å². The Morgan fingerprint density at radius 3 is 2.24 bits per heavy atom. The van der Waals surface area contributed by atoms with Gasteiger partial charge in [0.25, 0.3) is 5.91 Å². The maximum absolute atomic E-state index is 12.6. The van der Waals surface area contributed by atoms with E-state index in [1.165, 1.54) is 10.5 Å². The lowest BCUT2D eigenvalue weighted by atomic mass is 10.1. The molecule has 1 saturated heterocycles. The Bertz CT molecular complexity index is 770. The van der Waals surface area contributed by atoms with Crippen molar-refractivity contribution in [2.24, 2.45) is 0 Å². The molecule has 0 unspecified atom stereocenters. The molecule has 0 radical (unpaired) electrons. The lowest BCUT2D eigenvalue weighted by Gasteiger charge is -2.32. The Kier molecular flexibility index (Phi) is 5.61. The van der Waals surface area contributed by atoms with E-state index in [-0.39, 0.29) is 11.5 Å². The van der Waals surface area contributed by atoms with Gasteiger partial charge in [-0.2, -0.15) is 5.26 Å². The highest BCUT2D eigenvalue weighted by Gasteiger charge is 2.25. The normalized spacial score (nSPS) is 15.6. The molecular weight excluding hydrogens is 310 g/mol. The molecule has 2 aromatic rings. The van der Waals surface area contributed by atoms with Crippen molar-refractivity contribution >= 4 is 12.0 Å². The first-order chi connectivity index (χ1) is 12.3. The van der Waals surface area contributed by atoms with Gasteiger partial charge in [0.15, 0.2) is 0 Å². The molecule has 3 rings (SSSR count). The topological polar surface area (TPSA) is 48.5 Å². The van der Waals surface area contributed by atoms with Gasteiger partial charge in [0.1, 0.15) is 18.2 Å². The molecule has 1 aliphatic heterocycles. The van der Waals surface area contributed by atoms with Crippen LogP contribution in [0, 0.1) is 11.3 Å². The van der Waals surface area contributed by atoms with Crippen LogP contribution in [0.5, 0.6) is 0 Å². The number of piperazine rings is 1. The van der Waals surface area contributed by atoms with Crippen LogP contribution in [0.4, 0.5) is 0 Å². The summed E-state index contributed by atoms with van der Waals surface area (Å²) in [7, 11) is 0. The number of nitrogens with one attached hydrogen (secondary N) is 1. The number of amides is 1. The quantitative estimate of drug-likeness (QED) is 0.682. The van der Waals surface area contributed by atoms with Crippen molar-refractivity contribution in [1.29, 1.82) is 5.26 Å². The molecule has 0 atom stereocenters. The van der Waals surface area contributed by atoms with Crippen molar-refractivity contribution in [3.05, 3.63) is 77.4 Å². The maximum Gasteiger partial charge on any atom is 0.264 e. The lowest BCUT2D eigenvalue weighted by molar-refractivity contribution is -0.917. The third-order valence-corrected chi connectivity index (χ3v) is 4.52. The highest BCUT2D eigenvalue weighted by Crippen LogP contribution is 2.09. The second-order valence-electron chi connectivity index (χ2n) is 6.29. The van der Waals surface area contributed by atoms with Crippen LogP contribution in [0.1, 0.15) is 11.1 Å². The van der Waals surface area contributed by atoms with E-state index in [4.69, 9.17) is 0 Å². The number of carbonyl (C=O) groups excluding carboxylic acids is 1. The Labute approximate surface area is 148 Å². The number of rotatable bonds is 4. The minimum absolute atomic E-state index is 0.162. The number of quaternary nitrogens is 1. The molecule has 0 bridgehead atoms. The van der Waals surface area contributed by atoms with Gasteiger partial charge in [0, 0.05) is 5.56 Å². The largest absolute Gasteiger partial charge is 0.328 e. The third-order valence-electron chi connectivity index (χ3n) is 4.52. The highest BCUT2D eigenvalue weighted by molar-refractivity contribution is 6.01. The summed E-state index contributed by atoms with van der Waals surface area (Å²) < 4.78 is 0. The maximum atomic E-state index is 12.6. The van der Waals surface area contributed by atoms with E-state index in [9.17, 15) is 10.1 Å². The van der Waals surface area contributed by atoms with Crippen LogP contribution in [0.15, 0.2) is 66.2 Å². The van der Waals surface area contributed by atoms with Crippen molar-refractivity contribution in [2.75, 3.05) is 26.2 Å². The van der Waals surface area contributed by atoms with Crippen molar-refractivity contribution in [1.82, 2.24) is 4.90 Å². The van der Waals surface area contributed by atoms with Gasteiger partial charge >= 0.3 is 0 Å². The Morgan fingerprint density at radius 2 is 1.64 bits per heavy atom. The summed E-state index contributed by atoms with van der Waals surface area (Å²) in [6.07, 6.45) is 1.67. The van der Waals surface area contributed by atoms with E-state index in [2.05, 4.69) is 30.3 Å². The zero-order valence-electron chi connectivity index (χ0n) is 14.2. The van der Waals surface area contributed by atoms with Crippen LogP contribution in [0.3, 0.4) is 0 Å². The minimum Gasteiger partial charge on any atom is -0.328 e. The summed E-state index contributed by atoms with van der Waals surface area (Å²) in [5.41, 5.74) is 2.40. The zero-order valence-corrected chi connectivity index (χ0v) is 14.2. The molecule has 0 spiro atoms. The van der Waals surface area contributed by atoms with Gasteiger partial charge in [-0.05, 0) is 11.6 Å². The van der Waals surface area contributed by atoms with Crippen LogP contribution in [-0.4, -0.2) is 37.0 Å². The van der Waals surface area contributed by atoms with Gasteiger partial charge in [-0.15, -0.1) is 0 Å². The average molecular weight is 332 g/mol. The van der Waals surface area contributed by atoms with Crippen LogP contribution >= 0.6 is 0 Å². The van der Waals surface area contributed by atoms with Crippen LogP contribution in [0.2, 0.25) is 0 Å².